The first-order valence-electron chi connectivity index (χ1n) is 6.13. The van der Waals surface area contributed by atoms with Crippen LogP contribution in [0.2, 0.25) is 0 Å². The lowest BCUT2D eigenvalue weighted by Crippen LogP contribution is -2.17. The lowest BCUT2D eigenvalue weighted by molar-refractivity contribution is 0.213. The molecule has 0 radical (unpaired) electrons. The first-order chi connectivity index (χ1) is 7.99. The highest BCUT2D eigenvalue weighted by Gasteiger charge is 2.15. The van der Waals surface area contributed by atoms with Gasteiger partial charge in [-0.3, -0.25) is 0 Å². The van der Waals surface area contributed by atoms with Crippen molar-refractivity contribution >= 4 is 0 Å². The Kier molecular flexibility index (Phi) is 4.94. The van der Waals surface area contributed by atoms with Crippen molar-refractivity contribution in [2.75, 3.05) is 7.05 Å². The zero-order valence-corrected chi connectivity index (χ0v) is 11.3. The fourth-order valence-electron chi connectivity index (χ4n) is 1.57. The van der Waals surface area contributed by atoms with E-state index in [-0.39, 0.29) is 18.0 Å². The predicted molar refractivity (Wildman–Crippen MR) is 69.0 cm³/mol. The summed E-state index contributed by atoms with van der Waals surface area (Å²) in [6.07, 6.45) is 1.08. The van der Waals surface area contributed by atoms with Crippen LogP contribution in [0.15, 0.2) is 12.1 Å². The van der Waals surface area contributed by atoms with E-state index in [0.717, 1.165) is 17.7 Å². The number of hydrogen-bond donors (Lipinski definition) is 1. The van der Waals surface area contributed by atoms with Crippen LogP contribution in [0.1, 0.15) is 44.4 Å². The van der Waals surface area contributed by atoms with E-state index >= 15 is 0 Å². The molecular weight excluding hydrogens is 217 g/mol. The predicted octanol–water partition coefficient (Wildman–Crippen LogP) is 3.59. The number of benzene rings is 1. The van der Waals surface area contributed by atoms with Gasteiger partial charge in [-0.25, -0.2) is 4.39 Å². The third-order valence-corrected chi connectivity index (χ3v) is 3.09. The largest absolute Gasteiger partial charge is 0.490 e. The Hall–Kier alpha value is -1.09. The minimum absolute atomic E-state index is 0.0733. The van der Waals surface area contributed by atoms with Crippen molar-refractivity contribution in [1.82, 2.24) is 5.32 Å². The zero-order valence-electron chi connectivity index (χ0n) is 11.3. The Morgan fingerprint density at radius 2 is 2.00 bits per heavy atom. The second-order valence-electron chi connectivity index (χ2n) is 4.49. The van der Waals surface area contributed by atoms with E-state index in [2.05, 4.69) is 12.2 Å². The molecule has 1 rings (SSSR count). The molecule has 0 aliphatic heterocycles. The highest BCUT2D eigenvalue weighted by atomic mass is 19.1. The van der Waals surface area contributed by atoms with Crippen molar-refractivity contribution in [3.05, 3.63) is 29.1 Å². The van der Waals surface area contributed by atoms with E-state index < -0.39 is 0 Å². The van der Waals surface area contributed by atoms with E-state index in [4.69, 9.17) is 4.74 Å². The maximum Gasteiger partial charge on any atom is 0.126 e. The van der Waals surface area contributed by atoms with Crippen LogP contribution < -0.4 is 10.1 Å². The van der Waals surface area contributed by atoms with Crippen LogP contribution in [-0.2, 0) is 0 Å². The Morgan fingerprint density at radius 1 is 1.35 bits per heavy atom. The highest BCUT2D eigenvalue weighted by molar-refractivity contribution is 5.40. The molecule has 0 aliphatic carbocycles. The number of halogens is 1. The van der Waals surface area contributed by atoms with Crippen molar-refractivity contribution < 1.29 is 9.13 Å². The van der Waals surface area contributed by atoms with Gasteiger partial charge in [-0.1, -0.05) is 6.92 Å². The second-order valence-corrected chi connectivity index (χ2v) is 4.49. The third-order valence-electron chi connectivity index (χ3n) is 3.09. The van der Waals surface area contributed by atoms with Crippen LogP contribution in [0.3, 0.4) is 0 Å². The standard InChI is InChI=1S/C14H22FNO/c1-6-10(3)17-14-7-9(2)13(15)8-12(14)11(4)16-5/h7-8,10-11,16H,6H2,1-5H3. The average Bonchev–Trinajstić information content (AvgIpc) is 2.32. The van der Waals surface area contributed by atoms with E-state index in [1.54, 1.807) is 19.1 Å². The first kappa shape index (κ1) is 14.0. The number of aryl methyl sites for hydroxylation is 1. The van der Waals surface area contributed by atoms with Gasteiger partial charge in [-0.15, -0.1) is 0 Å². The Labute approximate surface area is 103 Å². The summed E-state index contributed by atoms with van der Waals surface area (Å²) in [6, 6.07) is 3.42. The van der Waals surface area contributed by atoms with Gasteiger partial charge in [-0.2, -0.15) is 0 Å². The molecule has 0 saturated carbocycles. The molecule has 1 aromatic carbocycles. The van der Waals surface area contributed by atoms with Crippen molar-refractivity contribution in [3.8, 4) is 5.75 Å². The summed E-state index contributed by atoms with van der Waals surface area (Å²) < 4.78 is 19.4. The average molecular weight is 239 g/mol. The molecule has 0 bridgehead atoms. The van der Waals surface area contributed by atoms with E-state index in [0.29, 0.717) is 5.56 Å². The van der Waals surface area contributed by atoms with Crippen molar-refractivity contribution in [2.45, 2.75) is 46.3 Å². The van der Waals surface area contributed by atoms with Crippen LogP contribution in [0.25, 0.3) is 0 Å². The maximum absolute atomic E-state index is 13.6. The number of hydrogen-bond acceptors (Lipinski definition) is 2. The molecular formula is C14H22FNO. The minimum Gasteiger partial charge on any atom is -0.490 e. The van der Waals surface area contributed by atoms with Crippen molar-refractivity contribution in [3.63, 3.8) is 0 Å². The summed E-state index contributed by atoms with van der Waals surface area (Å²) in [6.45, 7) is 7.84. The molecule has 0 aromatic heterocycles. The molecule has 2 unspecified atom stereocenters. The molecule has 1 aromatic rings. The molecule has 1 N–H and O–H groups in total. The summed E-state index contributed by atoms with van der Waals surface area (Å²) in [5.41, 5.74) is 1.49. The van der Waals surface area contributed by atoms with Gasteiger partial charge in [0.15, 0.2) is 0 Å². The highest BCUT2D eigenvalue weighted by Crippen LogP contribution is 2.29. The monoisotopic (exact) mass is 239 g/mol. The molecule has 3 heteroatoms. The smallest absolute Gasteiger partial charge is 0.126 e. The molecule has 17 heavy (non-hydrogen) atoms. The lowest BCUT2D eigenvalue weighted by atomic mass is 10.0. The van der Waals surface area contributed by atoms with Gasteiger partial charge in [0.1, 0.15) is 11.6 Å². The van der Waals surface area contributed by atoms with E-state index in [9.17, 15) is 4.39 Å². The van der Waals surface area contributed by atoms with Gasteiger partial charge in [0, 0.05) is 11.6 Å². The summed E-state index contributed by atoms with van der Waals surface area (Å²) in [4.78, 5) is 0. The van der Waals surface area contributed by atoms with E-state index in [1.807, 2.05) is 20.9 Å². The van der Waals surface area contributed by atoms with E-state index in [1.165, 1.54) is 0 Å². The van der Waals surface area contributed by atoms with Gasteiger partial charge in [0.25, 0.3) is 0 Å². The number of ether oxygens (including phenoxy) is 1. The van der Waals surface area contributed by atoms with Crippen LogP contribution in [0.4, 0.5) is 4.39 Å². The van der Waals surface area contributed by atoms with Crippen LogP contribution in [-0.4, -0.2) is 13.2 Å². The van der Waals surface area contributed by atoms with Crippen LogP contribution in [0, 0.1) is 12.7 Å². The summed E-state index contributed by atoms with van der Waals surface area (Å²) in [5, 5.41) is 3.11. The minimum atomic E-state index is -0.182. The first-order valence-corrected chi connectivity index (χ1v) is 6.13. The summed E-state index contributed by atoms with van der Waals surface area (Å²) >= 11 is 0. The lowest BCUT2D eigenvalue weighted by Gasteiger charge is -2.20. The molecule has 96 valence electrons. The SMILES string of the molecule is CCC(C)Oc1cc(C)c(F)cc1C(C)NC. The second kappa shape index (κ2) is 6.01. The molecule has 2 atom stereocenters. The molecule has 0 saturated heterocycles. The fraction of sp³-hybridized carbons (Fsp3) is 0.571. The third kappa shape index (κ3) is 3.43. The molecule has 0 heterocycles. The summed E-state index contributed by atoms with van der Waals surface area (Å²) in [7, 11) is 1.86. The maximum atomic E-state index is 13.6. The topological polar surface area (TPSA) is 21.3 Å². The molecule has 0 amide bonds. The summed E-state index contributed by atoms with van der Waals surface area (Å²) in [5.74, 6) is 0.596. The molecule has 0 spiro atoms. The Bertz CT molecular complexity index is 379. The van der Waals surface area contributed by atoms with Gasteiger partial charge in [-0.05, 0) is 51.9 Å². The zero-order chi connectivity index (χ0) is 13.0. The van der Waals surface area contributed by atoms with Crippen LogP contribution in [0.5, 0.6) is 5.75 Å². The van der Waals surface area contributed by atoms with Gasteiger partial charge < -0.3 is 10.1 Å². The molecule has 2 nitrogen and oxygen atoms in total. The Balaban J connectivity index is 3.11. The Morgan fingerprint density at radius 3 is 2.53 bits per heavy atom. The van der Waals surface area contributed by atoms with Crippen molar-refractivity contribution in [1.29, 1.82) is 0 Å². The fourth-order valence-corrected chi connectivity index (χ4v) is 1.57. The molecule has 0 aliphatic rings. The molecule has 0 fully saturated rings. The van der Waals surface area contributed by atoms with Crippen molar-refractivity contribution in [2.24, 2.45) is 0 Å². The normalized spacial score (nSPS) is 14.5. The van der Waals surface area contributed by atoms with Crippen LogP contribution >= 0.6 is 0 Å². The van der Waals surface area contributed by atoms with Gasteiger partial charge in [0.05, 0.1) is 6.10 Å². The quantitative estimate of drug-likeness (QED) is 0.847. The van der Waals surface area contributed by atoms with Gasteiger partial charge in [0.2, 0.25) is 0 Å². The van der Waals surface area contributed by atoms with Gasteiger partial charge >= 0.3 is 0 Å². The number of nitrogens with one attached hydrogen (secondary N) is 1. The number of rotatable bonds is 5.